The van der Waals surface area contributed by atoms with Crippen LogP contribution in [0.15, 0.2) is 66.9 Å². The number of carbonyl (C=O) groups excluding carboxylic acids is 1. The molecule has 0 unspecified atom stereocenters. The van der Waals surface area contributed by atoms with Gasteiger partial charge in [0.15, 0.2) is 0 Å². The van der Waals surface area contributed by atoms with E-state index < -0.39 is 35.1 Å². The van der Waals surface area contributed by atoms with Crippen LogP contribution in [0, 0.1) is 5.82 Å². The summed E-state index contributed by atoms with van der Waals surface area (Å²) in [5, 5.41) is 2.47. The third kappa shape index (κ3) is 4.87. The molecule has 0 bridgehead atoms. The zero-order valence-electron chi connectivity index (χ0n) is 15.8. The maximum absolute atomic E-state index is 14.2. The van der Waals surface area contributed by atoms with Crippen LogP contribution in [-0.2, 0) is 22.9 Å². The van der Waals surface area contributed by atoms with Crippen molar-refractivity contribution in [1.82, 2.24) is 10.3 Å². The third-order valence-electron chi connectivity index (χ3n) is 4.81. The van der Waals surface area contributed by atoms with Crippen LogP contribution in [0.3, 0.4) is 0 Å². The van der Waals surface area contributed by atoms with Crippen LogP contribution >= 0.6 is 0 Å². The Labute approximate surface area is 173 Å². The molecule has 1 amide bonds. The first kappa shape index (κ1) is 22.3. The molecular formula is C22H16F6N2O. The molecule has 3 aromatic rings. The van der Waals surface area contributed by atoms with Gasteiger partial charge in [0.2, 0.25) is 6.41 Å². The Kier molecular flexibility index (Phi) is 6.33. The Morgan fingerprint density at radius 1 is 0.968 bits per heavy atom. The second kappa shape index (κ2) is 8.79. The Morgan fingerprint density at radius 3 is 2.19 bits per heavy atom. The molecule has 0 radical (unpaired) electrons. The fourth-order valence-electron chi connectivity index (χ4n) is 3.34. The molecule has 0 aliphatic heterocycles. The molecule has 1 atom stereocenters. The Bertz CT molecular complexity index is 1040. The summed E-state index contributed by atoms with van der Waals surface area (Å²) in [5.74, 6) is -1.17. The second-order valence-corrected chi connectivity index (χ2v) is 6.83. The molecule has 1 N–H and O–H groups in total. The predicted molar refractivity (Wildman–Crippen MR) is 101 cm³/mol. The quantitative estimate of drug-likeness (QED) is 0.396. The summed E-state index contributed by atoms with van der Waals surface area (Å²) >= 11 is 0. The van der Waals surface area contributed by atoms with E-state index in [9.17, 15) is 31.1 Å². The maximum Gasteiger partial charge on any atom is 0.416 e. The first-order chi connectivity index (χ1) is 14.7. The van der Waals surface area contributed by atoms with Gasteiger partial charge in [0.05, 0.1) is 11.3 Å². The molecule has 31 heavy (non-hydrogen) atoms. The molecule has 1 aromatic heterocycles. The van der Waals surface area contributed by atoms with Gasteiger partial charge < -0.3 is 5.32 Å². The number of alkyl halides is 5. The summed E-state index contributed by atoms with van der Waals surface area (Å²) in [7, 11) is 0. The van der Waals surface area contributed by atoms with Crippen LogP contribution in [0.25, 0.3) is 0 Å². The zero-order valence-corrected chi connectivity index (χ0v) is 15.8. The van der Waals surface area contributed by atoms with Crippen LogP contribution in [0.4, 0.5) is 26.3 Å². The van der Waals surface area contributed by atoms with Gasteiger partial charge in [0.1, 0.15) is 11.4 Å². The van der Waals surface area contributed by atoms with Crippen molar-refractivity contribution in [3.8, 4) is 0 Å². The minimum Gasteiger partial charge on any atom is -0.343 e. The molecular weight excluding hydrogens is 422 g/mol. The van der Waals surface area contributed by atoms with Crippen molar-refractivity contribution in [2.45, 2.75) is 24.6 Å². The number of benzene rings is 2. The summed E-state index contributed by atoms with van der Waals surface area (Å²) in [6.07, 6.45) is -6.63. The highest BCUT2D eigenvalue weighted by atomic mass is 19.4. The van der Waals surface area contributed by atoms with Gasteiger partial charge in [-0.15, -0.1) is 0 Å². The van der Waals surface area contributed by atoms with E-state index in [2.05, 4.69) is 10.3 Å². The Balaban J connectivity index is 2.26. The Morgan fingerprint density at radius 2 is 1.65 bits per heavy atom. The SMILES string of the molecule is O=CN[C@@](Cc1ccccc1)(c1cc(F)cc(C(F)(F)F)c1)c1ccc(C(F)F)cn1. The number of pyridine rings is 1. The number of carbonyl (C=O) groups is 1. The van der Waals surface area contributed by atoms with E-state index in [1.54, 1.807) is 30.3 Å². The molecule has 1 heterocycles. The van der Waals surface area contributed by atoms with Crippen LogP contribution < -0.4 is 5.32 Å². The van der Waals surface area contributed by atoms with Crippen molar-refractivity contribution < 1.29 is 31.1 Å². The van der Waals surface area contributed by atoms with Crippen molar-refractivity contribution in [2.24, 2.45) is 0 Å². The molecule has 0 spiro atoms. The molecule has 0 fully saturated rings. The lowest BCUT2D eigenvalue weighted by Gasteiger charge is -2.34. The van der Waals surface area contributed by atoms with E-state index >= 15 is 0 Å². The van der Waals surface area contributed by atoms with Gasteiger partial charge in [0, 0.05) is 18.2 Å². The molecule has 162 valence electrons. The van der Waals surface area contributed by atoms with Crippen molar-refractivity contribution in [1.29, 1.82) is 0 Å². The van der Waals surface area contributed by atoms with Gasteiger partial charge in [0.25, 0.3) is 6.43 Å². The maximum atomic E-state index is 14.2. The minimum absolute atomic E-state index is 0.0217. The monoisotopic (exact) mass is 438 g/mol. The van der Waals surface area contributed by atoms with Crippen LogP contribution in [-0.4, -0.2) is 11.4 Å². The average Bonchev–Trinajstić information content (AvgIpc) is 2.73. The van der Waals surface area contributed by atoms with Gasteiger partial charge in [-0.1, -0.05) is 30.3 Å². The van der Waals surface area contributed by atoms with Gasteiger partial charge in [-0.05, 0) is 41.5 Å². The summed E-state index contributed by atoms with van der Waals surface area (Å²) in [5.41, 5.74) is -3.06. The lowest BCUT2D eigenvalue weighted by molar-refractivity contribution is -0.137. The first-order valence-electron chi connectivity index (χ1n) is 9.04. The van der Waals surface area contributed by atoms with E-state index in [1.165, 1.54) is 6.07 Å². The molecule has 0 saturated carbocycles. The molecule has 3 rings (SSSR count). The fourth-order valence-corrected chi connectivity index (χ4v) is 3.34. The Hall–Kier alpha value is -3.36. The normalized spacial score (nSPS) is 13.6. The van der Waals surface area contributed by atoms with E-state index in [-0.39, 0.29) is 24.1 Å². The number of amides is 1. The van der Waals surface area contributed by atoms with E-state index in [4.69, 9.17) is 0 Å². The number of hydrogen-bond donors (Lipinski definition) is 1. The number of rotatable bonds is 7. The van der Waals surface area contributed by atoms with Crippen LogP contribution in [0.2, 0.25) is 0 Å². The lowest BCUT2D eigenvalue weighted by Crippen LogP contribution is -2.45. The number of aromatic nitrogens is 1. The number of nitrogens with one attached hydrogen (secondary N) is 1. The molecule has 2 aromatic carbocycles. The molecule has 0 saturated heterocycles. The highest BCUT2D eigenvalue weighted by molar-refractivity contribution is 5.54. The number of hydrogen-bond acceptors (Lipinski definition) is 2. The summed E-state index contributed by atoms with van der Waals surface area (Å²) in [6.45, 7) is 0. The molecule has 0 aliphatic carbocycles. The number of nitrogens with zero attached hydrogens (tertiary/aromatic N) is 1. The van der Waals surface area contributed by atoms with Gasteiger partial charge >= 0.3 is 6.18 Å². The van der Waals surface area contributed by atoms with Gasteiger partial charge in [-0.25, -0.2) is 13.2 Å². The van der Waals surface area contributed by atoms with Crippen molar-refractivity contribution in [3.63, 3.8) is 0 Å². The molecule has 0 aliphatic rings. The molecule has 3 nitrogen and oxygen atoms in total. The number of halogens is 6. The van der Waals surface area contributed by atoms with Crippen LogP contribution in [0.5, 0.6) is 0 Å². The van der Waals surface area contributed by atoms with Gasteiger partial charge in [-0.2, -0.15) is 13.2 Å². The largest absolute Gasteiger partial charge is 0.416 e. The van der Waals surface area contributed by atoms with E-state index in [0.717, 1.165) is 18.3 Å². The predicted octanol–water partition coefficient (Wildman–Crippen LogP) is 5.41. The summed E-state index contributed by atoms with van der Waals surface area (Å²) in [4.78, 5) is 15.5. The summed E-state index contributed by atoms with van der Waals surface area (Å²) < 4.78 is 80.2. The van der Waals surface area contributed by atoms with Crippen molar-refractivity contribution >= 4 is 6.41 Å². The first-order valence-corrected chi connectivity index (χ1v) is 9.04. The lowest BCUT2D eigenvalue weighted by atomic mass is 9.80. The van der Waals surface area contributed by atoms with Gasteiger partial charge in [-0.3, -0.25) is 9.78 Å². The van der Waals surface area contributed by atoms with E-state index in [0.29, 0.717) is 17.7 Å². The second-order valence-electron chi connectivity index (χ2n) is 6.83. The third-order valence-corrected chi connectivity index (χ3v) is 4.81. The smallest absolute Gasteiger partial charge is 0.343 e. The van der Waals surface area contributed by atoms with Crippen molar-refractivity contribution in [2.75, 3.05) is 0 Å². The standard InChI is InChI=1S/C22H16F6N2O/c23-18-9-16(8-17(10-18)22(26,27)28)21(30-13-31,11-14-4-2-1-3-5-14)19-7-6-15(12-29-19)20(24)25/h1-10,12-13,20H,11H2,(H,30,31)/t21-/m0/s1. The fraction of sp³-hybridized carbons (Fsp3) is 0.182. The minimum atomic E-state index is -4.84. The highest BCUT2D eigenvalue weighted by Crippen LogP contribution is 2.37. The molecule has 9 heteroatoms. The van der Waals surface area contributed by atoms with Crippen LogP contribution in [0.1, 0.15) is 34.4 Å². The zero-order chi connectivity index (χ0) is 22.6. The highest BCUT2D eigenvalue weighted by Gasteiger charge is 2.39. The topological polar surface area (TPSA) is 42.0 Å². The average molecular weight is 438 g/mol. The van der Waals surface area contributed by atoms with Crippen molar-refractivity contribution in [3.05, 3.63) is 101 Å². The van der Waals surface area contributed by atoms with E-state index in [1.807, 2.05) is 0 Å². The summed E-state index contributed by atoms with van der Waals surface area (Å²) in [6, 6.07) is 12.6.